The van der Waals surface area contributed by atoms with Gasteiger partial charge in [0.25, 0.3) is 5.91 Å². The maximum atomic E-state index is 13.2. The third-order valence-corrected chi connectivity index (χ3v) is 5.42. The van der Waals surface area contributed by atoms with Gasteiger partial charge < -0.3 is 14.5 Å². The highest BCUT2D eigenvalue weighted by Gasteiger charge is 2.43. The molecule has 3 heterocycles. The monoisotopic (exact) mass is 390 g/mol. The van der Waals surface area contributed by atoms with Crippen molar-refractivity contribution in [2.24, 2.45) is 0 Å². The molecule has 148 valence electrons. The van der Waals surface area contributed by atoms with Gasteiger partial charge in [-0.1, -0.05) is 0 Å². The minimum absolute atomic E-state index is 0.0122. The number of nitrogens with zero attached hydrogens (tertiary/aromatic N) is 4. The van der Waals surface area contributed by atoms with Crippen LogP contribution >= 0.6 is 0 Å². The maximum Gasteiger partial charge on any atom is 0.254 e. The van der Waals surface area contributed by atoms with Crippen molar-refractivity contribution in [3.63, 3.8) is 0 Å². The summed E-state index contributed by atoms with van der Waals surface area (Å²) >= 11 is 0. The fraction of sp³-hybridized carbons (Fsp3) is 0.364. The molecule has 1 aromatic heterocycles. The molecule has 7 heteroatoms. The fourth-order valence-electron chi connectivity index (χ4n) is 3.95. The fourth-order valence-corrected chi connectivity index (χ4v) is 3.95. The Hall–Kier alpha value is -3.40. The van der Waals surface area contributed by atoms with Crippen LogP contribution in [-0.2, 0) is 4.79 Å². The van der Waals surface area contributed by atoms with E-state index in [2.05, 4.69) is 4.98 Å². The molecule has 2 atom stereocenters. The Morgan fingerprint density at radius 3 is 2.55 bits per heavy atom. The summed E-state index contributed by atoms with van der Waals surface area (Å²) in [4.78, 5) is 33.8. The van der Waals surface area contributed by atoms with E-state index in [0.717, 1.165) is 25.9 Å². The van der Waals surface area contributed by atoms with Gasteiger partial charge in [0.15, 0.2) is 0 Å². The first kappa shape index (κ1) is 18.9. The number of ether oxygens (including phenoxy) is 1. The van der Waals surface area contributed by atoms with Gasteiger partial charge in [-0.3, -0.25) is 14.6 Å². The molecule has 2 aliphatic heterocycles. The summed E-state index contributed by atoms with van der Waals surface area (Å²) in [5.74, 6) is 0.392. The van der Waals surface area contributed by atoms with E-state index in [9.17, 15) is 9.59 Å². The van der Waals surface area contributed by atoms with Gasteiger partial charge in [-0.05, 0) is 49.2 Å². The molecule has 0 radical (unpaired) electrons. The Morgan fingerprint density at radius 2 is 1.90 bits per heavy atom. The molecule has 0 saturated carbocycles. The second-order valence-electron chi connectivity index (χ2n) is 7.36. The molecule has 7 nitrogen and oxygen atoms in total. The van der Waals surface area contributed by atoms with Gasteiger partial charge in [0.05, 0.1) is 24.4 Å². The summed E-state index contributed by atoms with van der Waals surface area (Å²) in [5, 5.41) is 8.97. The molecule has 2 fully saturated rings. The van der Waals surface area contributed by atoms with Gasteiger partial charge in [0.2, 0.25) is 5.91 Å². The second kappa shape index (κ2) is 8.31. The molecular formula is C22H22N4O3. The molecule has 0 bridgehead atoms. The van der Waals surface area contributed by atoms with Crippen LogP contribution in [0.15, 0.2) is 48.8 Å². The highest BCUT2D eigenvalue weighted by molar-refractivity contribution is 5.98. The molecule has 2 aromatic rings. The van der Waals surface area contributed by atoms with E-state index in [1.165, 1.54) is 0 Å². The van der Waals surface area contributed by atoms with E-state index < -0.39 is 6.04 Å². The molecule has 0 spiro atoms. The van der Waals surface area contributed by atoms with Gasteiger partial charge in [0.1, 0.15) is 17.9 Å². The zero-order chi connectivity index (χ0) is 20.2. The van der Waals surface area contributed by atoms with Crippen LogP contribution < -0.4 is 4.74 Å². The van der Waals surface area contributed by atoms with Crippen molar-refractivity contribution in [1.82, 2.24) is 14.8 Å². The van der Waals surface area contributed by atoms with Crippen LogP contribution in [-0.4, -0.2) is 58.4 Å². The summed E-state index contributed by atoms with van der Waals surface area (Å²) in [6.45, 7) is 1.81. The standard InChI is InChI=1S/C22H22N4O3/c23-13-16-5-7-17(8-6-16)21(27)26-15-19(29-18-4-3-9-24-14-18)12-20(26)22(28)25-10-1-2-11-25/h3-9,14,19-20H,1-2,10-12,15H2/t19-,20-/m0/s1. The Labute approximate surface area is 169 Å². The summed E-state index contributed by atoms with van der Waals surface area (Å²) < 4.78 is 6.00. The lowest BCUT2D eigenvalue weighted by Gasteiger charge is -2.27. The molecule has 2 saturated heterocycles. The zero-order valence-corrected chi connectivity index (χ0v) is 16.0. The van der Waals surface area contributed by atoms with Crippen molar-refractivity contribution >= 4 is 11.8 Å². The van der Waals surface area contributed by atoms with E-state index in [1.54, 1.807) is 47.6 Å². The molecule has 29 heavy (non-hydrogen) atoms. The highest BCUT2D eigenvalue weighted by Crippen LogP contribution is 2.27. The number of pyridine rings is 1. The number of benzene rings is 1. The molecule has 2 amide bonds. The van der Waals surface area contributed by atoms with Crippen LogP contribution in [0, 0.1) is 11.3 Å². The normalized spacial score (nSPS) is 21.1. The first-order chi connectivity index (χ1) is 14.2. The third kappa shape index (κ3) is 4.06. The smallest absolute Gasteiger partial charge is 0.254 e. The number of carbonyl (C=O) groups is 2. The topological polar surface area (TPSA) is 86.5 Å². The van der Waals surface area contributed by atoms with E-state index in [-0.39, 0.29) is 17.9 Å². The van der Waals surface area contributed by atoms with Crippen molar-refractivity contribution in [3.05, 3.63) is 59.9 Å². The van der Waals surface area contributed by atoms with Crippen LogP contribution in [0.5, 0.6) is 5.75 Å². The zero-order valence-electron chi connectivity index (χ0n) is 16.0. The number of hydrogen-bond donors (Lipinski definition) is 0. The van der Waals surface area contributed by atoms with E-state index in [4.69, 9.17) is 10.00 Å². The average Bonchev–Trinajstić information content (AvgIpc) is 3.44. The van der Waals surface area contributed by atoms with Crippen molar-refractivity contribution in [3.8, 4) is 11.8 Å². The summed E-state index contributed by atoms with van der Waals surface area (Å²) in [7, 11) is 0. The molecule has 0 unspecified atom stereocenters. The van der Waals surface area contributed by atoms with Crippen molar-refractivity contribution in [1.29, 1.82) is 5.26 Å². The molecule has 0 aliphatic carbocycles. The van der Waals surface area contributed by atoms with Gasteiger partial charge in [-0.2, -0.15) is 5.26 Å². The minimum atomic E-state index is -0.544. The lowest BCUT2D eigenvalue weighted by Crippen LogP contribution is -2.47. The highest BCUT2D eigenvalue weighted by atomic mass is 16.5. The third-order valence-electron chi connectivity index (χ3n) is 5.42. The van der Waals surface area contributed by atoms with Gasteiger partial charge >= 0.3 is 0 Å². The van der Waals surface area contributed by atoms with Gasteiger partial charge in [0, 0.05) is 31.3 Å². The van der Waals surface area contributed by atoms with Crippen LogP contribution in [0.4, 0.5) is 0 Å². The number of carbonyl (C=O) groups excluding carboxylic acids is 2. The summed E-state index contributed by atoms with van der Waals surface area (Å²) in [6.07, 6.45) is 5.46. The van der Waals surface area contributed by atoms with Crippen molar-refractivity contribution < 1.29 is 14.3 Å². The number of hydrogen-bond acceptors (Lipinski definition) is 5. The van der Waals surface area contributed by atoms with Crippen LogP contribution in [0.3, 0.4) is 0 Å². The summed E-state index contributed by atoms with van der Waals surface area (Å²) in [5.41, 5.74) is 0.954. The van der Waals surface area contributed by atoms with Crippen LogP contribution in [0.25, 0.3) is 0 Å². The number of aromatic nitrogens is 1. The second-order valence-corrected chi connectivity index (χ2v) is 7.36. The molecule has 0 N–H and O–H groups in total. The van der Waals surface area contributed by atoms with Gasteiger partial charge in [-0.15, -0.1) is 0 Å². The predicted octanol–water partition coefficient (Wildman–Crippen LogP) is 2.24. The van der Waals surface area contributed by atoms with E-state index in [1.807, 2.05) is 17.0 Å². The number of amides is 2. The van der Waals surface area contributed by atoms with Crippen LogP contribution in [0.2, 0.25) is 0 Å². The van der Waals surface area contributed by atoms with Gasteiger partial charge in [-0.25, -0.2) is 0 Å². The molecular weight excluding hydrogens is 368 g/mol. The lowest BCUT2D eigenvalue weighted by atomic mass is 10.1. The number of rotatable bonds is 4. The van der Waals surface area contributed by atoms with Crippen LogP contribution in [0.1, 0.15) is 35.2 Å². The summed E-state index contributed by atoms with van der Waals surface area (Å²) in [6, 6.07) is 11.6. The molecule has 4 rings (SSSR count). The quantitative estimate of drug-likeness (QED) is 0.799. The predicted molar refractivity (Wildman–Crippen MR) is 105 cm³/mol. The van der Waals surface area contributed by atoms with Crippen molar-refractivity contribution in [2.75, 3.05) is 19.6 Å². The number of likely N-dealkylation sites (tertiary alicyclic amines) is 2. The first-order valence-corrected chi connectivity index (χ1v) is 9.82. The Kier molecular flexibility index (Phi) is 5.43. The lowest BCUT2D eigenvalue weighted by molar-refractivity contribution is -0.134. The number of nitriles is 1. The Bertz CT molecular complexity index is 917. The largest absolute Gasteiger partial charge is 0.487 e. The maximum absolute atomic E-state index is 13.2. The van der Waals surface area contributed by atoms with Crippen molar-refractivity contribution in [2.45, 2.75) is 31.4 Å². The average molecular weight is 390 g/mol. The Balaban J connectivity index is 1.55. The van der Waals surface area contributed by atoms with E-state index in [0.29, 0.717) is 29.8 Å². The SMILES string of the molecule is N#Cc1ccc(C(=O)N2C[C@@H](Oc3cccnc3)C[C@H]2C(=O)N2CCCC2)cc1. The Morgan fingerprint density at radius 1 is 1.14 bits per heavy atom. The van der Waals surface area contributed by atoms with E-state index >= 15 is 0 Å². The molecule has 1 aromatic carbocycles. The first-order valence-electron chi connectivity index (χ1n) is 9.82. The minimum Gasteiger partial charge on any atom is -0.487 e. The molecule has 2 aliphatic rings.